The van der Waals surface area contributed by atoms with Crippen molar-refractivity contribution in [3.05, 3.63) is 0 Å². The van der Waals surface area contributed by atoms with Gasteiger partial charge < -0.3 is 14.6 Å². The first-order valence-corrected chi connectivity index (χ1v) is 7.77. The number of esters is 1. The first-order chi connectivity index (χ1) is 10.3. The highest BCUT2D eigenvalue weighted by atomic mass is 16.6. The van der Waals surface area contributed by atoms with Gasteiger partial charge in [-0.3, -0.25) is 4.90 Å². The Balaban J connectivity index is 3.21. The first kappa shape index (κ1) is 19.3. The third-order valence-corrected chi connectivity index (χ3v) is 3.34. The molecule has 7 nitrogen and oxygen atoms in total. The van der Waals surface area contributed by atoms with Crippen LogP contribution in [-0.2, 0) is 19.1 Å². The van der Waals surface area contributed by atoms with E-state index < -0.39 is 34.8 Å². The predicted octanol–water partition coefficient (Wildman–Crippen LogP) is 2.57. The van der Waals surface area contributed by atoms with Gasteiger partial charge in [-0.15, -0.1) is 0 Å². The van der Waals surface area contributed by atoms with E-state index in [1.165, 1.54) is 0 Å². The van der Waals surface area contributed by atoms with E-state index in [2.05, 4.69) is 0 Å². The smallest absolute Gasteiger partial charge is 0.411 e. The van der Waals surface area contributed by atoms with Gasteiger partial charge in [0.05, 0.1) is 0 Å². The number of carboxylic acids is 1. The maximum atomic E-state index is 12.6. The van der Waals surface area contributed by atoms with Crippen molar-refractivity contribution in [1.29, 1.82) is 0 Å². The summed E-state index contributed by atoms with van der Waals surface area (Å²) in [7, 11) is 0. The summed E-state index contributed by atoms with van der Waals surface area (Å²) in [6.07, 6.45) is 0.323. The molecule has 0 aliphatic carbocycles. The van der Waals surface area contributed by atoms with Crippen molar-refractivity contribution < 1.29 is 29.0 Å². The molecule has 1 N–H and O–H groups in total. The molecule has 0 spiro atoms. The highest BCUT2D eigenvalue weighted by Crippen LogP contribution is 2.33. The van der Waals surface area contributed by atoms with E-state index in [4.69, 9.17) is 9.47 Å². The molecule has 1 amide bonds. The van der Waals surface area contributed by atoms with E-state index in [0.29, 0.717) is 12.8 Å². The van der Waals surface area contributed by atoms with Crippen LogP contribution >= 0.6 is 0 Å². The van der Waals surface area contributed by atoms with Crippen molar-refractivity contribution in [3.63, 3.8) is 0 Å². The van der Waals surface area contributed by atoms with Gasteiger partial charge in [-0.2, -0.15) is 0 Å². The van der Waals surface area contributed by atoms with Gasteiger partial charge in [0.15, 0.2) is 0 Å². The molecule has 23 heavy (non-hydrogen) atoms. The van der Waals surface area contributed by atoms with Crippen LogP contribution in [0.3, 0.4) is 0 Å². The number of carboxylic acid groups (broad SMARTS) is 1. The van der Waals surface area contributed by atoms with Gasteiger partial charge >= 0.3 is 18.0 Å². The van der Waals surface area contributed by atoms with Crippen molar-refractivity contribution in [2.24, 2.45) is 0 Å². The molecule has 1 rings (SSSR count). The van der Waals surface area contributed by atoms with Gasteiger partial charge in [0.2, 0.25) is 5.54 Å². The zero-order valence-electron chi connectivity index (χ0n) is 14.8. The molecule has 1 aliphatic rings. The Morgan fingerprint density at radius 1 is 0.957 bits per heavy atom. The lowest BCUT2D eigenvalue weighted by molar-refractivity contribution is -0.181. The molecule has 7 heteroatoms. The first-order valence-electron chi connectivity index (χ1n) is 7.77. The molecule has 1 atom stereocenters. The van der Waals surface area contributed by atoms with Crippen molar-refractivity contribution >= 4 is 18.0 Å². The number of hydrogen-bond donors (Lipinski definition) is 1. The van der Waals surface area contributed by atoms with Crippen LogP contribution in [0.2, 0.25) is 0 Å². The second kappa shape index (κ2) is 6.37. The topological polar surface area (TPSA) is 93.1 Å². The molecule has 132 valence electrons. The lowest BCUT2D eigenvalue weighted by atomic mass is 9.86. The number of hydrogen-bond acceptors (Lipinski definition) is 5. The van der Waals surface area contributed by atoms with Crippen LogP contribution < -0.4 is 0 Å². The van der Waals surface area contributed by atoms with Crippen LogP contribution in [0.1, 0.15) is 60.8 Å². The summed E-state index contributed by atoms with van der Waals surface area (Å²) >= 11 is 0. The summed E-state index contributed by atoms with van der Waals surface area (Å²) < 4.78 is 10.6. The van der Waals surface area contributed by atoms with E-state index in [1.807, 2.05) is 0 Å². The van der Waals surface area contributed by atoms with Gasteiger partial charge in [0.25, 0.3) is 0 Å². The molecule has 0 radical (unpaired) electrons. The Kier molecular flexibility index (Phi) is 5.34. The number of rotatable bonds is 2. The van der Waals surface area contributed by atoms with Crippen molar-refractivity contribution in [2.75, 3.05) is 6.54 Å². The maximum absolute atomic E-state index is 12.6. The van der Waals surface area contributed by atoms with Crippen LogP contribution in [-0.4, -0.2) is 51.3 Å². The van der Waals surface area contributed by atoms with Crippen molar-refractivity contribution in [1.82, 2.24) is 4.90 Å². The molecule has 0 saturated carbocycles. The molecular weight excluding hydrogens is 302 g/mol. The van der Waals surface area contributed by atoms with E-state index in [1.54, 1.807) is 41.5 Å². The fourth-order valence-corrected chi connectivity index (χ4v) is 2.43. The molecule has 0 bridgehead atoms. The highest BCUT2D eigenvalue weighted by molar-refractivity contribution is 6.06. The van der Waals surface area contributed by atoms with Crippen molar-refractivity contribution in [3.8, 4) is 0 Å². The van der Waals surface area contributed by atoms with E-state index in [0.717, 1.165) is 4.90 Å². The minimum Gasteiger partial charge on any atom is -0.479 e. The second-order valence-corrected chi connectivity index (χ2v) is 7.76. The number of piperidine rings is 1. The molecule has 1 saturated heterocycles. The predicted molar refractivity (Wildman–Crippen MR) is 83.0 cm³/mol. The zero-order valence-corrected chi connectivity index (χ0v) is 14.8. The van der Waals surface area contributed by atoms with Crippen LogP contribution in [0.25, 0.3) is 0 Å². The van der Waals surface area contributed by atoms with E-state index in [-0.39, 0.29) is 13.0 Å². The quantitative estimate of drug-likeness (QED) is 0.618. The molecule has 1 heterocycles. The second-order valence-electron chi connectivity index (χ2n) is 7.76. The molecule has 0 aromatic carbocycles. The number of amides is 1. The summed E-state index contributed by atoms with van der Waals surface area (Å²) in [4.78, 5) is 38.0. The zero-order chi connectivity index (χ0) is 18.1. The summed E-state index contributed by atoms with van der Waals surface area (Å²) in [6.45, 7) is 10.2. The molecule has 0 aromatic rings. The van der Waals surface area contributed by atoms with E-state index in [9.17, 15) is 19.5 Å². The van der Waals surface area contributed by atoms with Gasteiger partial charge in [0.1, 0.15) is 11.2 Å². The number of carbonyl (C=O) groups excluding carboxylic acids is 2. The Morgan fingerprint density at radius 3 is 1.91 bits per heavy atom. The van der Waals surface area contributed by atoms with E-state index >= 15 is 0 Å². The number of aliphatic carboxylic acids is 1. The summed E-state index contributed by atoms with van der Waals surface area (Å²) in [6, 6.07) is 0. The Bertz CT molecular complexity index is 488. The minimum atomic E-state index is -2.03. The largest absolute Gasteiger partial charge is 0.479 e. The average molecular weight is 329 g/mol. The third kappa shape index (κ3) is 4.59. The number of ether oxygens (including phenoxy) is 2. The fourth-order valence-electron chi connectivity index (χ4n) is 2.43. The van der Waals surface area contributed by atoms with Crippen LogP contribution in [0.5, 0.6) is 0 Å². The molecule has 1 unspecified atom stereocenters. The summed E-state index contributed by atoms with van der Waals surface area (Å²) in [5, 5.41) is 9.72. The number of likely N-dealkylation sites (tertiary alicyclic amines) is 1. The van der Waals surface area contributed by atoms with Gasteiger partial charge in [-0.05, 0) is 60.8 Å². The summed E-state index contributed by atoms with van der Waals surface area (Å²) in [5.74, 6) is -2.32. The standard InChI is InChI=1S/C16H27NO6/c1-14(2,3)22-12(20)16(11(18)19)9-7-8-10-17(16)13(21)23-15(4,5)6/h7-10H2,1-6H3,(H,18,19). The summed E-state index contributed by atoms with van der Waals surface area (Å²) in [5.41, 5.74) is -3.67. The molecule has 1 aliphatic heterocycles. The lowest BCUT2D eigenvalue weighted by Gasteiger charge is -2.42. The van der Waals surface area contributed by atoms with Gasteiger partial charge in [0, 0.05) is 6.54 Å². The fraction of sp³-hybridized carbons (Fsp3) is 0.812. The SMILES string of the molecule is CC(C)(C)OC(=O)N1CCCCC1(C(=O)O)C(=O)OC(C)(C)C. The van der Waals surface area contributed by atoms with Crippen LogP contribution in [0, 0.1) is 0 Å². The normalized spacial score (nSPS) is 22.4. The van der Waals surface area contributed by atoms with Crippen molar-refractivity contribution in [2.45, 2.75) is 77.5 Å². The Hall–Kier alpha value is -1.79. The lowest BCUT2D eigenvalue weighted by Crippen LogP contribution is -2.65. The molecular formula is C16H27NO6. The third-order valence-electron chi connectivity index (χ3n) is 3.34. The Morgan fingerprint density at radius 2 is 1.48 bits per heavy atom. The van der Waals surface area contributed by atoms with Crippen LogP contribution in [0.15, 0.2) is 0 Å². The molecule has 0 aromatic heterocycles. The maximum Gasteiger partial charge on any atom is 0.411 e. The number of nitrogens with zero attached hydrogens (tertiary/aromatic N) is 1. The monoisotopic (exact) mass is 329 g/mol. The van der Waals surface area contributed by atoms with Crippen LogP contribution in [0.4, 0.5) is 4.79 Å². The van der Waals surface area contributed by atoms with Gasteiger partial charge in [-0.1, -0.05) is 0 Å². The Labute approximate surface area is 136 Å². The minimum absolute atomic E-state index is 0.0104. The van der Waals surface area contributed by atoms with Gasteiger partial charge in [-0.25, -0.2) is 14.4 Å². The highest BCUT2D eigenvalue weighted by Gasteiger charge is 2.57. The number of carbonyl (C=O) groups is 3. The molecule has 1 fully saturated rings. The average Bonchev–Trinajstić information content (AvgIpc) is 2.34.